The Labute approximate surface area is 191 Å². The smallest absolute Gasteiger partial charge is 0.229 e. The third-order valence-corrected chi connectivity index (χ3v) is 6.19. The van der Waals surface area contributed by atoms with Crippen molar-refractivity contribution in [3.8, 4) is 0 Å². The van der Waals surface area contributed by atoms with E-state index in [0.29, 0.717) is 0 Å². The fraction of sp³-hybridized carbons (Fsp3) is 0.536. The molecule has 31 heavy (non-hydrogen) atoms. The Morgan fingerprint density at radius 1 is 0.871 bits per heavy atom. The van der Waals surface area contributed by atoms with Gasteiger partial charge in [-0.05, 0) is 49.4 Å². The maximum Gasteiger partial charge on any atom is 0.229 e. The summed E-state index contributed by atoms with van der Waals surface area (Å²) in [6.45, 7) is 13.1. The number of benzene rings is 2. The first-order valence-electron chi connectivity index (χ1n) is 12.2. The largest absolute Gasteiger partial charge is 0.373 e. The molecule has 3 heteroatoms. The summed E-state index contributed by atoms with van der Waals surface area (Å²) in [7, 11) is 4.09. The Hall–Kier alpha value is -2.29. The van der Waals surface area contributed by atoms with Crippen molar-refractivity contribution in [3.05, 3.63) is 60.2 Å². The van der Waals surface area contributed by atoms with E-state index in [1.807, 2.05) is 83.8 Å². The summed E-state index contributed by atoms with van der Waals surface area (Å²) in [6.07, 6.45) is 4.18. The van der Waals surface area contributed by atoms with Gasteiger partial charge in [-0.2, -0.15) is 0 Å². The Morgan fingerprint density at radius 2 is 1.39 bits per heavy atom. The van der Waals surface area contributed by atoms with E-state index in [-0.39, 0.29) is 17.2 Å². The zero-order valence-corrected chi connectivity index (χ0v) is 21.1. The normalized spacial score (nSPS) is 20.8. The molecule has 0 radical (unpaired) electrons. The van der Waals surface area contributed by atoms with Crippen molar-refractivity contribution in [1.82, 2.24) is 0 Å². The number of amides is 1. The molecule has 0 bridgehead atoms. The van der Waals surface area contributed by atoms with Crippen LogP contribution in [0.5, 0.6) is 0 Å². The van der Waals surface area contributed by atoms with E-state index in [4.69, 9.17) is 0 Å². The molecule has 0 saturated heterocycles. The van der Waals surface area contributed by atoms with Crippen LogP contribution in [0.3, 0.4) is 0 Å². The molecule has 0 aromatic heterocycles. The van der Waals surface area contributed by atoms with Crippen LogP contribution in [0.4, 0.5) is 11.4 Å². The van der Waals surface area contributed by atoms with Crippen LogP contribution in [0.1, 0.15) is 72.8 Å². The van der Waals surface area contributed by atoms with Gasteiger partial charge in [0.15, 0.2) is 0 Å². The molecule has 2 aliphatic rings. The van der Waals surface area contributed by atoms with Crippen LogP contribution in [0.15, 0.2) is 54.6 Å². The van der Waals surface area contributed by atoms with Crippen LogP contribution in [0, 0.1) is 5.92 Å². The number of fused-ring (bicyclic) bond motifs is 2. The van der Waals surface area contributed by atoms with Crippen LogP contribution >= 0.6 is 0 Å². The molecule has 1 amide bonds. The third kappa shape index (κ3) is 5.90. The lowest BCUT2D eigenvalue weighted by Gasteiger charge is -2.38. The standard InChI is InChI=1S/C22H26N2O.3C2H6/c1-23-16-22(19-10-6-7-11-20(19)23)14-12-17(13-15-22)21(25)24(2)18-8-4-3-5-9-18;3*1-2/h3-11,17H,12-16H2,1-2H3;3*1-2H3. The highest BCUT2D eigenvalue weighted by Crippen LogP contribution is 2.49. The van der Waals surface area contributed by atoms with E-state index < -0.39 is 0 Å². The molecule has 1 saturated carbocycles. The molecule has 1 fully saturated rings. The molecule has 0 N–H and O–H groups in total. The van der Waals surface area contributed by atoms with Crippen molar-refractivity contribution in [2.24, 2.45) is 5.92 Å². The molecule has 1 spiro atoms. The van der Waals surface area contributed by atoms with Crippen molar-refractivity contribution in [2.75, 3.05) is 30.4 Å². The molecule has 1 heterocycles. The van der Waals surface area contributed by atoms with Gasteiger partial charge in [-0.1, -0.05) is 77.9 Å². The molecule has 4 rings (SSSR count). The minimum atomic E-state index is 0.147. The average molecular weight is 425 g/mol. The van der Waals surface area contributed by atoms with Crippen molar-refractivity contribution in [3.63, 3.8) is 0 Å². The van der Waals surface area contributed by atoms with Crippen LogP contribution in [-0.2, 0) is 10.2 Å². The minimum Gasteiger partial charge on any atom is -0.373 e. The second kappa shape index (κ2) is 13.2. The molecule has 172 valence electrons. The average Bonchev–Trinajstić information content (AvgIpc) is 3.14. The minimum absolute atomic E-state index is 0.147. The fourth-order valence-corrected chi connectivity index (χ4v) is 4.78. The highest BCUT2D eigenvalue weighted by atomic mass is 16.2. The van der Waals surface area contributed by atoms with Gasteiger partial charge in [-0.15, -0.1) is 0 Å². The van der Waals surface area contributed by atoms with Gasteiger partial charge in [0.2, 0.25) is 5.91 Å². The van der Waals surface area contributed by atoms with E-state index in [9.17, 15) is 4.79 Å². The fourth-order valence-electron chi connectivity index (χ4n) is 4.78. The van der Waals surface area contributed by atoms with E-state index in [2.05, 4.69) is 36.2 Å². The predicted molar refractivity (Wildman–Crippen MR) is 137 cm³/mol. The van der Waals surface area contributed by atoms with E-state index in [1.165, 1.54) is 11.3 Å². The van der Waals surface area contributed by atoms with Gasteiger partial charge in [0, 0.05) is 43.3 Å². The molecular weight excluding hydrogens is 380 g/mol. The maximum absolute atomic E-state index is 12.9. The summed E-state index contributed by atoms with van der Waals surface area (Å²) in [5, 5.41) is 0. The summed E-state index contributed by atoms with van der Waals surface area (Å²) in [6, 6.07) is 18.8. The first kappa shape index (κ1) is 26.7. The summed E-state index contributed by atoms with van der Waals surface area (Å²) >= 11 is 0. The molecular formula is C28H44N2O. The highest BCUT2D eigenvalue weighted by molar-refractivity contribution is 5.94. The second-order valence-electron chi connectivity index (χ2n) is 7.66. The van der Waals surface area contributed by atoms with Gasteiger partial charge >= 0.3 is 0 Å². The quantitative estimate of drug-likeness (QED) is 0.505. The zero-order chi connectivity index (χ0) is 23.4. The van der Waals surface area contributed by atoms with Crippen molar-refractivity contribution < 1.29 is 4.79 Å². The first-order chi connectivity index (χ1) is 15.1. The van der Waals surface area contributed by atoms with Crippen LogP contribution < -0.4 is 9.80 Å². The van der Waals surface area contributed by atoms with Crippen LogP contribution in [0.2, 0.25) is 0 Å². The van der Waals surface area contributed by atoms with Crippen LogP contribution in [0.25, 0.3) is 0 Å². The Morgan fingerprint density at radius 3 is 1.97 bits per heavy atom. The van der Waals surface area contributed by atoms with Gasteiger partial charge in [0.1, 0.15) is 0 Å². The van der Waals surface area contributed by atoms with Gasteiger partial charge in [0.05, 0.1) is 0 Å². The van der Waals surface area contributed by atoms with E-state index >= 15 is 0 Å². The predicted octanol–water partition coefficient (Wildman–Crippen LogP) is 7.31. The summed E-state index contributed by atoms with van der Waals surface area (Å²) in [4.78, 5) is 17.1. The Kier molecular flexibility index (Phi) is 11.4. The number of carbonyl (C=O) groups excluding carboxylic acids is 1. The molecule has 2 aromatic carbocycles. The van der Waals surface area contributed by atoms with Gasteiger partial charge in [-0.3, -0.25) is 4.79 Å². The maximum atomic E-state index is 12.9. The van der Waals surface area contributed by atoms with Crippen molar-refractivity contribution in [1.29, 1.82) is 0 Å². The number of hydrogen-bond donors (Lipinski definition) is 0. The number of likely N-dealkylation sites (N-methyl/N-ethyl adjacent to an activating group) is 1. The van der Waals surface area contributed by atoms with Crippen molar-refractivity contribution in [2.45, 2.75) is 72.6 Å². The number of carbonyl (C=O) groups is 1. The zero-order valence-electron chi connectivity index (χ0n) is 21.1. The third-order valence-electron chi connectivity index (χ3n) is 6.19. The number of rotatable bonds is 2. The van der Waals surface area contributed by atoms with Crippen LogP contribution in [-0.4, -0.2) is 26.5 Å². The molecule has 1 aliphatic carbocycles. The second-order valence-corrected chi connectivity index (χ2v) is 7.66. The highest BCUT2D eigenvalue weighted by Gasteiger charge is 2.45. The number of nitrogens with zero attached hydrogens (tertiary/aromatic N) is 2. The SMILES string of the molecule is CC.CC.CC.CN1CC2(CCC(C(=O)N(C)c3ccccc3)CC2)c2ccccc21. The van der Waals surface area contributed by atoms with Gasteiger partial charge in [-0.25, -0.2) is 0 Å². The Balaban J connectivity index is 0.000000739. The molecule has 2 aromatic rings. The molecule has 3 nitrogen and oxygen atoms in total. The first-order valence-corrected chi connectivity index (χ1v) is 12.2. The number of para-hydroxylation sites is 2. The lowest BCUT2D eigenvalue weighted by atomic mass is 9.67. The molecule has 1 aliphatic heterocycles. The Bertz CT molecular complexity index is 764. The summed E-state index contributed by atoms with van der Waals surface area (Å²) in [5.41, 5.74) is 4.08. The van der Waals surface area contributed by atoms with Crippen molar-refractivity contribution >= 4 is 17.3 Å². The number of anilines is 2. The topological polar surface area (TPSA) is 23.6 Å². The van der Waals surface area contributed by atoms with Gasteiger partial charge < -0.3 is 9.80 Å². The lowest BCUT2D eigenvalue weighted by Crippen LogP contribution is -2.41. The van der Waals surface area contributed by atoms with E-state index in [1.54, 1.807) is 0 Å². The van der Waals surface area contributed by atoms with Gasteiger partial charge in [0.25, 0.3) is 0 Å². The number of hydrogen-bond acceptors (Lipinski definition) is 2. The van der Waals surface area contributed by atoms with E-state index in [0.717, 1.165) is 37.9 Å². The summed E-state index contributed by atoms with van der Waals surface area (Å²) in [5.74, 6) is 0.412. The monoisotopic (exact) mass is 424 g/mol. The lowest BCUT2D eigenvalue weighted by molar-refractivity contribution is -0.123. The molecule has 0 unspecified atom stereocenters. The molecule has 0 atom stereocenters. The summed E-state index contributed by atoms with van der Waals surface area (Å²) < 4.78 is 0.